The van der Waals surface area contributed by atoms with Crippen molar-refractivity contribution in [2.45, 2.75) is 37.6 Å². The van der Waals surface area contributed by atoms with Crippen LogP contribution < -0.4 is 4.74 Å². The van der Waals surface area contributed by atoms with Gasteiger partial charge < -0.3 is 24.8 Å². The quantitative estimate of drug-likeness (QED) is 0.519. The molecule has 1 heterocycles. The Kier molecular flexibility index (Phi) is 4.19. The number of aliphatic hydroxyl groups excluding tert-OH is 3. The molecule has 3 N–H and O–H groups in total. The lowest BCUT2D eigenvalue weighted by molar-refractivity contribution is -0.384. The summed E-state index contributed by atoms with van der Waals surface area (Å²) in [6.07, 6.45) is -5.89. The summed E-state index contributed by atoms with van der Waals surface area (Å²) in [4.78, 5) is 9.97. The van der Waals surface area contributed by atoms with Crippen LogP contribution in [0.4, 0.5) is 5.69 Å². The van der Waals surface area contributed by atoms with Gasteiger partial charge in [0.25, 0.3) is 5.69 Å². The largest absolute Gasteiger partial charge is 0.462 e. The molecule has 0 spiro atoms. The average molecular weight is 285 g/mol. The number of nitro groups is 1. The highest BCUT2D eigenvalue weighted by Crippen LogP contribution is 2.25. The summed E-state index contributed by atoms with van der Waals surface area (Å²) in [5.41, 5.74) is -0.0914. The molecule has 0 bridgehead atoms. The van der Waals surface area contributed by atoms with Gasteiger partial charge >= 0.3 is 0 Å². The number of non-ortho nitro benzene ring substituents is 1. The van der Waals surface area contributed by atoms with E-state index in [4.69, 9.17) is 9.47 Å². The van der Waals surface area contributed by atoms with E-state index in [0.717, 1.165) is 0 Å². The van der Waals surface area contributed by atoms with Crippen molar-refractivity contribution in [1.29, 1.82) is 0 Å². The van der Waals surface area contributed by atoms with Crippen LogP contribution in [0.1, 0.15) is 6.92 Å². The van der Waals surface area contributed by atoms with Gasteiger partial charge in [0.1, 0.15) is 24.1 Å². The van der Waals surface area contributed by atoms with E-state index in [2.05, 4.69) is 0 Å². The van der Waals surface area contributed by atoms with Crippen LogP contribution in [0.3, 0.4) is 0 Å². The lowest BCUT2D eigenvalue weighted by Gasteiger charge is -2.38. The number of hydrogen-bond acceptors (Lipinski definition) is 7. The summed E-state index contributed by atoms with van der Waals surface area (Å²) in [6.45, 7) is 1.53. The van der Waals surface area contributed by atoms with Gasteiger partial charge in [-0.05, 0) is 19.1 Å². The Bertz CT molecular complexity index is 477. The predicted molar refractivity (Wildman–Crippen MR) is 66.1 cm³/mol. The molecule has 8 heteroatoms. The van der Waals surface area contributed by atoms with E-state index in [1.54, 1.807) is 0 Å². The van der Waals surface area contributed by atoms with Crippen LogP contribution in [0.15, 0.2) is 24.3 Å². The molecule has 5 atom stereocenters. The summed E-state index contributed by atoms with van der Waals surface area (Å²) in [7, 11) is 0. The highest BCUT2D eigenvalue weighted by molar-refractivity contribution is 5.36. The zero-order valence-electron chi connectivity index (χ0n) is 10.6. The number of aliphatic hydroxyl groups is 3. The van der Waals surface area contributed by atoms with Crippen molar-refractivity contribution in [3.05, 3.63) is 34.4 Å². The highest BCUT2D eigenvalue weighted by atomic mass is 16.7. The zero-order chi connectivity index (χ0) is 14.9. The predicted octanol–water partition coefficient (Wildman–Crippen LogP) is -0.199. The Morgan fingerprint density at radius 2 is 1.75 bits per heavy atom. The first kappa shape index (κ1) is 14.7. The van der Waals surface area contributed by atoms with Crippen LogP contribution in [0.25, 0.3) is 0 Å². The third kappa shape index (κ3) is 2.88. The van der Waals surface area contributed by atoms with E-state index < -0.39 is 35.6 Å². The Balaban J connectivity index is 2.07. The molecule has 20 heavy (non-hydrogen) atoms. The van der Waals surface area contributed by atoms with Crippen molar-refractivity contribution in [3.8, 4) is 5.75 Å². The van der Waals surface area contributed by atoms with Gasteiger partial charge in [0.15, 0.2) is 0 Å². The second-order valence-corrected chi connectivity index (χ2v) is 4.55. The minimum atomic E-state index is -1.42. The van der Waals surface area contributed by atoms with Crippen molar-refractivity contribution >= 4 is 5.69 Å². The van der Waals surface area contributed by atoms with E-state index in [0.29, 0.717) is 0 Å². The number of nitrogens with zero attached hydrogens (tertiary/aromatic N) is 1. The van der Waals surface area contributed by atoms with E-state index >= 15 is 0 Å². The maximum absolute atomic E-state index is 10.5. The first-order chi connectivity index (χ1) is 9.40. The standard InChI is InChI=1S/C12H15NO7/c1-6-9(14)10(15)11(16)12(19-6)20-8-4-2-7(3-5-8)13(17)18/h2-6,9-12,14-16H,1H3/t6-,9-,10-,11+,12-/m0/s1. The summed E-state index contributed by atoms with van der Waals surface area (Å²) in [6, 6.07) is 5.21. The second kappa shape index (κ2) is 5.71. The van der Waals surface area contributed by atoms with Crippen LogP contribution in [-0.4, -0.2) is 50.9 Å². The topological polar surface area (TPSA) is 122 Å². The lowest BCUT2D eigenvalue weighted by atomic mass is 10.00. The van der Waals surface area contributed by atoms with Crippen molar-refractivity contribution in [2.75, 3.05) is 0 Å². The van der Waals surface area contributed by atoms with Crippen molar-refractivity contribution in [2.24, 2.45) is 0 Å². The molecule has 0 amide bonds. The normalized spacial score (nSPS) is 33.7. The number of hydrogen-bond donors (Lipinski definition) is 3. The summed E-state index contributed by atoms with van der Waals surface area (Å²) < 4.78 is 10.6. The van der Waals surface area contributed by atoms with Crippen molar-refractivity contribution < 1.29 is 29.7 Å². The molecule has 1 aromatic rings. The van der Waals surface area contributed by atoms with E-state index in [9.17, 15) is 25.4 Å². The van der Waals surface area contributed by atoms with Gasteiger partial charge in [-0.2, -0.15) is 0 Å². The minimum absolute atomic E-state index is 0.0914. The first-order valence-corrected chi connectivity index (χ1v) is 6.01. The zero-order valence-corrected chi connectivity index (χ0v) is 10.6. The van der Waals surface area contributed by atoms with E-state index in [-0.39, 0.29) is 11.4 Å². The number of rotatable bonds is 3. The van der Waals surface area contributed by atoms with Crippen LogP contribution in [0.5, 0.6) is 5.75 Å². The Morgan fingerprint density at radius 1 is 1.15 bits per heavy atom. The maximum Gasteiger partial charge on any atom is 0.269 e. The number of benzene rings is 1. The van der Waals surface area contributed by atoms with Crippen LogP contribution in [0.2, 0.25) is 0 Å². The fourth-order valence-corrected chi connectivity index (χ4v) is 1.89. The van der Waals surface area contributed by atoms with E-state index in [1.807, 2.05) is 0 Å². The molecule has 1 fully saturated rings. The molecule has 1 aliphatic heterocycles. The Hall–Kier alpha value is -1.74. The molecule has 1 aromatic carbocycles. The van der Waals surface area contributed by atoms with Crippen LogP contribution in [-0.2, 0) is 4.74 Å². The van der Waals surface area contributed by atoms with Crippen molar-refractivity contribution in [3.63, 3.8) is 0 Å². The summed E-state index contributed by atoms with van der Waals surface area (Å²) in [5.74, 6) is 0.246. The fraction of sp³-hybridized carbons (Fsp3) is 0.500. The number of nitro benzene ring substituents is 1. The SMILES string of the molecule is C[C@@H]1O[C@@H](Oc2ccc([N+](=O)[O-])cc2)[C@H](O)[C@@H](O)[C@H]1O. The van der Waals surface area contributed by atoms with Gasteiger partial charge in [-0.15, -0.1) is 0 Å². The molecular formula is C12H15NO7. The molecule has 0 radical (unpaired) electrons. The second-order valence-electron chi connectivity index (χ2n) is 4.55. The molecule has 0 saturated carbocycles. The van der Waals surface area contributed by atoms with Gasteiger partial charge in [-0.1, -0.05) is 0 Å². The molecule has 110 valence electrons. The first-order valence-electron chi connectivity index (χ1n) is 6.01. The molecule has 0 aliphatic carbocycles. The van der Waals surface area contributed by atoms with Gasteiger partial charge in [0, 0.05) is 12.1 Å². The summed E-state index contributed by atoms with van der Waals surface area (Å²) in [5, 5.41) is 39.4. The molecule has 0 unspecified atom stereocenters. The molecule has 0 aromatic heterocycles. The molecule has 1 aliphatic rings. The molecule has 8 nitrogen and oxygen atoms in total. The third-order valence-electron chi connectivity index (χ3n) is 3.11. The van der Waals surface area contributed by atoms with Gasteiger partial charge in [0.2, 0.25) is 6.29 Å². The number of ether oxygens (including phenoxy) is 2. The fourth-order valence-electron chi connectivity index (χ4n) is 1.89. The van der Waals surface area contributed by atoms with Crippen LogP contribution >= 0.6 is 0 Å². The average Bonchev–Trinajstić information content (AvgIpc) is 2.43. The highest BCUT2D eigenvalue weighted by Gasteiger charge is 2.43. The monoisotopic (exact) mass is 285 g/mol. The van der Waals surface area contributed by atoms with Crippen molar-refractivity contribution in [1.82, 2.24) is 0 Å². The smallest absolute Gasteiger partial charge is 0.269 e. The molecule has 1 saturated heterocycles. The summed E-state index contributed by atoms with van der Waals surface area (Å²) >= 11 is 0. The molecular weight excluding hydrogens is 270 g/mol. The lowest BCUT2D eigenvalue weighted by Crippen LogP contribution is -2.58. The van der Waals surface area contributed by atoms with E-state index in [1.165, 1.54) is 31.2 Å². The Labute approximate surface area is 114 Å². The third-order valence-corrected chi connectivity index (χ3v) is 3.11. The minimum Gasteiger partial charge on any atom is -0.462 e. The Morgan fingerprint density at radius 3 is 2.30 bits per heavy atom. The van der Waals surface area contributed by atoms with Gasteiger partial charge in [0.05, 0.1) is 11.0 Å². The van der Waals surface area contributed by atoms with Gasteiger partial charge in [-0.25, -0.2) is 0 Å². The molecule has 2 rings (SSSR count). The maximum atomic E-state index is 10.5. The van der Waals surface area contributed by atoms with Gasteiger partial charge in [-0.3, -0.25) is 10.1 Å². The van der Waals surface area contributed by atoms with Crippen LogP contribution in [0, 0.1) is 10.1 Å².